The maximum atomic E-state index is 13.8. The van der Waals surface area contributed by atoms with Gasteiger partial charge in [0.2, 0.25) is 0 Å². The van der Waals surface area contributed by atoms with Crippen molar-refractivity contribution in [1.82, 2.24) is 9.80 Å². The van der Waals surface area contributed by atoms with Gasteiger partial charge in [-0.2, -0.15) is 39.5 Å². The summed E-state index contributed by atoms with van der Waals surface area (Å²) in [4.78, 5) is 27.4. The van der Waals surface area contributed by atoms with Crippen LogP contribution in [0.3, 0.4) is 0 Å². The van der Waals surface area contributed by atoms with Gasteiger partial charge < -0.3 is 9.84 Å². The Labute approximate surface area is 252 Å². The highest BCUT2D eigenvalue weighted by atomic mass is 19.4. The quantitative estimate of drug-likeness (QED) is 0.304. The zero-order valence-corrected chi connectivity index (χ0v) is 24.4. The van der Waals surface area contributed by atoms with E-state index in [9.17, 15) is 54.2 Å². The molecule has 0 aromatic heterocycles. The Morgan fingerprint density at radius 3 is 1.89 bits per heavy atom. The number of nitrogens with zero attached hydrogens (tertiary/aromatic N) is 2. The summed E-state index contributed by atoms with van der Waals surface area (Å²) in [6, 6.07) is 2.27. The molecule has 0 bridgehead atoms. The lowest BCUT2D eigenvalue weighted by molar-refractivity contribution is -0.144. The molecule has 1 amide bonds. The first-order valence-corrected chi connectivity index (χ1v) is 14.1. The van der Waals surface area contributed by atoms with Gasteiger partial charge in [-0.3, -0.25) is 14.6 Å². The van der Waals surface area contributed by atoms with E-state index in [0.717, 1.165) is 17.0 Å². The molecule has 3 atom stereocenters. The SMILES string of the molecule is CC(C)C(c1ccc(C(F)(F)F)cc1CN1C(=O)O[C@H](c2cc(C(F)(F)F)cc(C(F)(F)F)c2)[C@@H]1C)N1CCC(C(=O)O)CC1. The third-order valence-electron chi connectivity index (χ3n) is 8.36. The summed E-state index contributed by atoms with van der Waals surface area (Å²) in [5.74, 6) is -1.68. The van der Waals surface area contributed by atoms with E-state index < -0.39 is 83.5 Å². The zero-order valence-electron chi connectivity index (χ0n) is 24.4. The summed E-state index contributed by atoms with van der Waals surface area (Å²) < 4.78 is 128. The number of amides is 1. The van der Waals surface area contributed by atoms with E-state index in [4.69, 9.17) is 4.74 Å². The number of ether oxygens (including phenoxy) is 1. The van der Waals surface area contributed by atoms with Crippen LogP contribution in [0.15, 0.2) is 36.4 Å². The fourth-order valence-corrected chi connectivity index (χ4v) is 6.10. The minimum Gasteiger partial charge on any atom is -0.481 e. The van der Waals surface area contributed by atoms with Gasteiger partial charge in [0.1, 0.15) is 6.10 Å². The Kier molecular flexibility index (Phi) is 9.45. The van der Waals surface area contributed by atoms with Crippen molar-refractivity contribution >= 4 is 12.1 Å². The van der Waals surface area contributed by atoms with Crippen LogP contribution in [0.5, 0.6) is 0 Å². The van der Waals surface area contributed by atoms with E-state index in [0.29, 0.717) is 43.6 Å². The number of carbonyl (C=O) groups excluding carboxylic acids is 1. The molecule has 2 aromatic carbocycles. The van der Waals surface area contributed by atoms with Crippen LogP contribution in [0.4, 0.5) is 44.3 Å². The molecule has 2 fully saturated rings. The number of hydrogen-bond donors (Lipinski definition) is 1. The minimum atomic E-state index is -5.14. The minimum absolute atomic E-state index is 0.0526. The van der Waals surface area contributed by atoms with E-state index in [2.05, 4.69) is 0 Å². The molecule has 2 saturated heterocycles. The number of aliphatic carboxylic acids is 1. The fraction of sp³-hybridized carbons (Fsp3) is 0.533. The highest BCUT2D eigenvalue weighted by molar-refractivity contribution is 5.71. The van der Waals surface area contributed by atoms with Gasteiger partial charge in [-0.15, -0.1) is 0 Å². The summed E-state index contributed by atoms with van der Waals surface area (Å²) in [7, 11) is 0. The average molecular weight is 655 g/mol. The molecule has 0 aliphatic carbocycles. The standard InChI is InChI=1S/C30H31F9N2O4/c1-15(2)24(40-8-6-17(7-9-40)26(42)43)23-5-4-20(28(31,32)33)12-19(23)14-41-16(3)25(45-27(41)44)18-10-21(29(34,35)36)13-22(11-18)30(37,38)39/h4-5,10-13,15-17,24-25H,6-9,14H2,1-3H3,(H,42,43)/t16-,24?,25-/m0/s1. The molecule has 0 saturated carbocycles. The van der Waals surface area contributed by atoms with Crippen LogP contribution in [0.25, 0.3) is 0 Å². The largest absolute Gasteiger partial charge is 0.481 e. The van der Waals surface area contributed by atoms with Gasteiger partial charge >= 0.3 is 30.6 Å². The molecule has 0 radical (unpaired) electrons. The number of halogens is 9. The molecule has 45 heavy (non-hydrogen) atoms. The molecule has 15 heteroatoms. The normalized spacial score (nSPS) is 21.4. The second-order valence-corrected chi connectivity index (χ2v) is 11.8. The highest BCUT2D eigenvalue weighted by Gasteiger charge is 2.44. The molecule has 2 aromatic rings. The van der Waals surface area contributed by atoms with Crippen LogP contribution < -0.4 is 0 Å². The Hall–Kier alpha value is -3.49. The highest BCUT2D eigenvalue weighted by Crippen LogP contribution is 2.43. The Balaban J connectivity index is 1.72. The maximum absolute atomic E-state index is 13.8. The molecular weight excluding hydrogens is 623 g/mol. The number of cyclic esters (lactones) is 1. The van der Waals surface area contributed by atoms with E-state index in [1.165, 1.54) is 13.0 Å². The van der Waals surface area contributed by atoms with Crippen LogP contribution in [0.1, 0.15) is 79.1 Å². The molecule has 1 unspecified atom stereocenters. The Morgan fingerprint density at radius 2 is 1.42 bits per heavy atom. The number of rotatable bonds is 7. The van der Waals surface area contributed by atoms with Gasteiger partial charge in [0.15, 0.2) is 0 Å². The lowest BCUT2D eigenvalue weighted by atomic mass is 9.86. The molecule has 1 N–H and O–H groups in total. The third kappa shape index (κ3) is 7.50. The molecule has 4 rings (SSSR count). The number of piperidine rings is 1. The average Bonchev–Trinajstić information content (AvgIpc) is 3.20. The second kappa shape index (κ2) is 12.4. The van der Waals surface area contributed by atoms with E-state index >= 15 is 0 Å². The monoisotopic (exact) mass is 654 g/mol. The van der Waals surface area contributed by atoms with Crippen molar-refractivity contribution in [2.75, 3.05) is 13.1 Å². The van der Waals surface area contributed by atoms with Crippen molar-refractivity contribution in [1.29, 1.82) is 0 Å². The number of carboxylic acids is 1. The fourth-order valence-electron chi connectivity index (χ4n) is 6.10. The predicted molar refractivity (Wildman–Crippen MR) is 142 cm³/mol. The van der Waals surface area contributed by atoms with E-state index in [1.807, 2.05) is 18.7 Å². The molecule has 2 aliphatic heterocycles. The summed E-state index contributed by atoms with van der Waals surface area (Å²) in [6.07, 6.45) is -17.1. The van der Waals surface area contributed by atoms with Gasteiger partial charge in [-0.25, -0.2) is 4.79 Å². The molecular formula is C30H31F9N2O4. The second-order valence-electron chi connectivity index (χ2n) is 11.8. The van der Waals surface area contributed by atoms with Crippen LogP contribution in [-0.2, 0) is 34.6 Å². The number of likely N-dealkylation sites (tertiary alicyclic amines) is 1. The predicted octanol–water partition coefficient (Wildman–Crippen LogP) is 8.32. The summed E-state index contributed by atoms with van der Waals surface area (Å²) in [6.45, 7) is 5.22. The Bertz CT molecular complexity index is 1380. The van der Waals surface area contributed by atoms with Crippen LogP contribution in [-0.4, -0.2) is 46.1 Å². The van der Waals surface area contributed by atoms with Gasteiger partial charge in [0.25, 0.3) is 0 Å². The summed E-state index contributed by atoms with van der Waals surface area (Å²) >= 11 is 0. The smallest absolute Gasteiger partial charge is 0.416 e. The number of carbonyl (C=O) groups is 2. The van der Waals surface area contributed by atoms with Crippen molar-refractivity contribution in [2.24, 2.45) is 11.8 Å². The lowest BCUT2D eigenvalue weighted by Crippen LogP contribution is -2.41. The van der Waals surface area contributed by atoms with Gasteiger partial charge in [0, 0.05) is 12.6 Å². The number of benzene rings is 2. The number of hydrogen-bond acceptors (Lipinski definition) is 4. The molecule has 2 aliphatic rings. The molecule has 2 heterocycles. The van der Waals surface area contributed by atoms with Gasteiger partial charge in [0.05, 0.1) is 28.7 Å². The van der Waals surface area contributed by atoms with E-state index in [-0.39, 0.29) is 17.5 Å². The molecule has 6 nitrogen and oxygen atoms in total. The van der Waals surface area contributed by atoms with Crippen molar-refractivity contribution < 1.29 is 58.9 Å². The zero-order chi connectivity index (χ0) is 33.6. The first-order valence-electron chi connectivity index (χ1n) is 14.1. The summed E-state index contributed by atoms with van der Waals surface area (Å²) in [5.41, 5.74) is -4.28. The molecule has 0 spiro atoms. The van der Waals surface area contributed by atoms with Gasteiger partial charge in [-0.1, -0.05) is 19.9 Å². The Morgan fingerprint density at radius 1 is 0.889 bits per heavy atom. The topological polar surface area (TPSA) is 70.1 Å². The van der Waals surface area contributed by atoms with Crippen molar-refractivity contribution in [2.45, 2.75) is 76.9 Å². The summed E-state index contributed by atoms with van der Waals surface area (Å²) in [5, 5.41) is 9.38. The van der Waals surface area contributed by atoms with Crippen molar-refractivity contribution in [3.63, 3.8) is 0 Å². The van der Waals surface area contributed by atoms with Crippen LogP contribution in [0.2, 0.25) is 0 Å². The van der Waals surface area contributed by atoms with Crippen molar-refractivity contribution in [3.05, 3.63) is 69.8 Å². The first kappa shape index (κ1) is 34.4. The van der Waals surface area contributed by atoms with Crippen LogP contribution in [0, 0.1) is 11.8 Å². The van der Waals surface area contributed by atoms with Crippen LogP contribution >= 0.6 is 0 Å². The van der Waals surface area contributed by atoms with Gasteiger partial charge in [-0.05, 0) is 85.8 Å². The van der Waals surface area contributed by atoms with E-state index in [1.54, 1.807) is 0 Å². The molecule has 248 valence electrons. The first-order chi connectivity index (χ1) is 20.7. The third-order valence-corrected chi connectivity index (χ3v) is 8.36. The maximum Gasteiger partial charge on any atom is 0.416 e. The number of alkyl halides is 9. The van der Waals surface area contributed by atoms with Crippen molar-refractivity contribution in [3.8, 4) is 0 Å². The lowest BCUT2D eigenvalue weighted by Gasteiger charge is -2.40. The number of carboxylic acid groups (broad SMARTS) is 1.